The normalized spacial score (nSPS) is 12.5. The van der Waals surface area contributed by atoms with Gasteiger partial charge in [-0.1, -0.05) is 0 Å². The van der Waals surface area contributed by atoms with Crippen LogP contribution in [-0.2, 0) is 4.79 Å². The molecule has 0 fully saturated rings. The molecule has 0 aliphatic heterocycles. The smallest absolute Gasteiger partial charge is 0.422 e. The molecular formula is C19H15F5N6O2. The van der Waals surface area contributed by atoms with E-state index in [0.717, 1.165) is 24.5 Å². The fourth-order valence-electron chi connectivity index (χ4n) is 2.61. The number of ether oxygens (including phenoxy) is 1. The Morgan fingerprint density at radius 2 is 2.00 bits per heavy atom. The first-order chi connectivity index (χ1) is 15.1. The summed E-state index contributed by atoms with van der Waals surface area (Å²) in [6.45, 7) is -0.0146. The number of carbonyl (C=O) groups excluding carboxylic acids is 1. The molecule has 1 amide bonds. The Labute approximate surface area is 177 Å². The summed E-state index contributed by atoms with van der Waals surface area (Å²) in [4.78, 5) is 22.8. The summed E-state index contributed by atoms with van der Waals surface area (Å²) in [6, 6.07) is 3.25. The van der Waals surface area contributed by atoms with Crippen LogP contribution in [-0.4, -0.2) is 40.6 Å². The maximum absolute atomic E-state index is 13.5. The molecule has 32 heavy (non-hydrogen) atoms. The molecule has 4 N–H and O–H groups in total. The third kappa shape index (κ3) is 5.36. The monoisotopic (exact) mass is 454 g/mol. The number of H-pyrrole nitrogens is 1. The van der Waals surface area contributed by atoms with Gasteiger partial charge in [0.2, 0.25) is 5.88 Å². The second kappa shape index (κ2) is 8.99. The number of nitrogens with zero attached hydrogens (tertiary/aromatic N) is 3. The number of hydrazone groups is 1. The summed E-state index contributed by atoms with van der Waals surface area (Å²) in [5, 5.41) is 6.00. The van der Waals surface area contributed by atoms with E-state index in [0.29, 0.717) is 0 Å². The van der Waals surface area contributed by atoms with Crippen molar-refractivity contribution < 1.29 is 31.5 Å². The number of hydrogen-bond acceptors (Lipinski definition) is 6. The first-order valence-electron chi connectivity index (χ1n) is 8.83. The number of carbonyl (C=O) groups is 1. The van der Waals surface area contributed by atoms with Crippen LogP contribution in [0.5, 0.6) is 5.88 Å². The standard InChI is InChI=1S/C19H15F5N6O2/c1-9-2-10(5-28-18(9)32-8-19(22,23)24)26-7-16(30-25)17(31)29-15-6-27-14-4-13(21)12(20)3-11(14)15/h2-7,27H,8,25H2,1H3,(H,29,31)/b26-7?,30-16+. The van der Waals surface area contributed by atoms with Gasteiger partial charge in [-0.15, -0.1) is 0 Å². The van der Waals surface area contributed by atoms with Crippen molar-refractivity contribution >= 4 is 40.1 Å². The number of alkyl halides is 3. The van der Waals surface area contributed by atoms with Gasteiger partial charge in [0.05, 0.1) is 29.3 Å². The third-order valence-corrected chi connectivity index (χ3v) is 4.07. The maximum Gasteiger partial charge on any atom is 0.422 e. The highest BCUT2D eigenvalue weighted by Gasteiger charge is 2.29. The van der Waals surface area contributed by atoms with Gasteiger partial charge < -0.3 is 20.9 Å². The number of aryl methyl sites for hydroxylation is 1. The van der Waals surface area contributed by atoms with Crippen molar-refractivity contribution in [3.63, 3.8) is 0 Å². The average molecular weight is 454 g/mol. The lowest BCUT2D eigenvalue weighted by molar-refractivity contribution is -0.154. The van der Waals surface area contributed by atoms with Crippen molar-refractivity contribution in [3.05, 3.63) is 47.8 Å². The summed E-state index contributed by atoms with van der Waals surface area (Å²) >= 11 is 0. The topological polar surface area (TPSA) is 118 Å². The summed E-state index contributed by atoms with van der Waals surface area (Å²) in [5.74, 6) is 2.09. The van der Waals surface area contributed by atoms with Crippen LogP contribution in [0.25, 0.3) is 10.9 Å². The molecule has 13 heteroatoms. The number of aromatic amines is 1. The van der Waals surface area contributed by atoms with E-state index in [1.807, 2.05) is 0 Å². The lowest BCUT2D eigenvalue weighted by atomic mass is 10.2. The predicted octanol–water partition coefficient (Wildman–Crippen LogP) is 3.75. The Morgan fingerprint density at radius 1 is 1.28 bits per heavy atom. The summed E-state index contributed by atoms with van der Waals surface area (Å²) < 4.78 is 68.2. The summed E-state index contributed by atoms with van der Waals surface area (Å²) in [7, 11) is 0. The Morgan fingerprint density at radius 3 is 2.66 bits per heavy atom. The Hall–Kier alpha value is -4.03. The number of halogens is 5. The lowest BCUT2D eigenvalue weighted by Gasteiger charge is -2.10. The molecule has 0 atom stereocenters. The van der Waals surface area contributed by atoms with Gasteiger partial charge in [0.15, 0.2) is 24.0 Å². The minimum Gasteiger partial charge on any atom is -0.468 e. The molecule has 0 unspecified atom stereocenters. The maximum atomic E-state index is 13.5. The van der Waals surface area contributed by atoms with E-state index in [-0.39, 0.29) is 39.4 Å². The number of anilines is 1. The molecule has 0 spiro atoms. The zero-order valence-corrected chi connectivity index (χ0v) is 16.3. The van der Waals surface area contributed by atoms with Gasteiger partial charge in [0, 0.05) is 23.2 Å². The van der Waals surface area contributed by atoms with Gasteiger partial charge in [0.25, 0.3) is 5.91 Å². The van der Waals surface area contributed by atoms with Gasteiger partial charge in [-0.25, -0.2) is 13.8 Å². The number of benzene rings is 1. The highest BCUT2D eigenvalue weighted by atomic mass is 19.4. The number of nitrogens with one attached hydrogen (secondary N) is 2. The van der Waals surface area contributed by atoms with E-state index in [9.17, 15) is 26.7 Å². The Kier molecular flexibility index (Phi) is 6.37. The first kappa shape index (κ1) is 22.7. The molecule has 3 rings (SSSR count). The van der Waals surface area contributed by atoms with Crippen LogP contribution in [0.2, 0.25) is 0 Å². The molecule has 2 heterocycles. The molecule has 0 aliphatic rings. The number of hydrogen-bond donors (Lipinski definition) is 3. The molecule has 0 radical (unpaired) electrons. The SMILES string of the molecule is Cc1cc(N=C/C(=N\N)C(=O)Nc2c[nH]c3cc(F)c(F)cc23)cnc1OCC(F)(F)F. The molecule has 0 bridgehead atoms. The van der Waals surface area contributed by atoms with Crippen LogP contribution >= 0.6 is 0 Å². The fraction of sp³-hybridized carbons (Fsp3) is 0.158. The van der Waals surface area contributed by atoms with Crippen molar-refractivity contribution in [2.24, 2.45) is 15.9 Å². The van der Waals surface area contributed by atoms with E-state index in [4.69, 9.17) is 5.84 Å². The van der Waals surface area contributed by atoms with E-state index >= 15 is 0 Å². The largest absolute Gasteiger partial charge is 0.468 e. The number of amides is 1. The van der Waals surface area contributed by atoms with Gasteiger partial charge in [-0.05, 0) is 19.1 Å². The summed E-state index contributed by atoms with van der Waals surface area (Å²) in [5.41, 5.74) is 0.570. The molecule has 1 aromatic carbocycles. The number of fused-ring (bicyclic) bond motifs is 1. The number of aliphatic imine (C=N–C) groups is 1. The Bertz CT molecular complexity index is 1220. The minimum atomic E-state index is -4.50. The van der Waals surface area contributed by atoms with Gasteiger partial charge >= 0.3 is 6.18 Å². The van der Waals surface area contributed by atoms with Gasteiger partial charge in [-0.2, -0.15) is 18.3 Å². The molecule has 0 saturated heterocycles. The van der Waals surface area contributed by atoms with Crippen molar-refractivity contribution in [1.82, 2.24) is 9.97 Å². The second-order valence-electron chi connectivity index (χ2n) is 6.46. The highest BCUT2D eigenvalue weighted by molar-refractivity contribution is 6.63. The van der Waals surface area contributed by atoms with Crippen molar-refractivity contribution in [2.45, 2.75) is 13.1 Å². The van der Waals surface area contributed by atoms with Crippen LogP contribution in [0.15, 0.2) is 40.7 Å². The van der Waals surface area contributed by atoms with Gasteiger partial charge in [-0.3, -0.25) is 9.79 Å². The number of nitrogens with two attached hydrogens (primary N) is 1. The third-order valence-electron chi connectivity index (χ3n) is 4.07. The molecule has 3 aromatic rings. The number of aromatic nitrogens is 2. The van der Waals surface area contributed by atoms with E-state index in [1.54, 1.807) is 0 Å². The summed E-state index contributed by atoms with van der Waals surface area (Å²) in [6.07, 6.45) is -1.02. The quantitative estimate of drug-likeness (QED) is 0.228. The second-order valence-corrected chi connectivity index (χ2v) is 6.46. The number of pyridine rings is 1. The van der Waals surface area contributed by atoms with Crippen LogP contribution < -0.4 is 15.9 Å². The van der Waals surface area contributed by atoms with Crippen molar-refractivity contribution in [1.29, 1.82) is 0 Å². The van der Waals surface area contributed by atoms with Crippen LogP contribution in [0.3, 0.4) is 0 Å². The molecular weight excluding hydrogens is 439 g/mol. The van der Waals surface area contributed by atoms with Crippen LogP contribution in [0.4, 0.5) is 33.3 Å². The van der Waals surface area contributed by atoms with Gasteiger partial charge in [0.1, 0.15) is 0 Å². The molecule has 0 aliphatic carbocycles. The lowest BCUT2D eigenvalue weighted by Crippen LogP contribution is -2.25. The Balaban J connectivity index is 1.72. The van der Waals surface area contributed by atoms with E-state index < -0.39 is 30.3 Å². The molecule has 2 aromatic heterocycles. The zero-order valence-electron chi connectivity index (χ0n) is 16.3. The predicted molar refractivity (Wildman–Crippen MR) is 107 cm³/mol. The van der Waals surface area contributed by atoms with Crippen LogP contribution in [0.1, 0.15) is 5.56 Å². The van der Waals surface area contributed by atoms with E-state index in [2.05, 4.69) is 30.1 Å². The first-order valence-corrected chi connectivity index (χ1v) is 8.83. The molecule has 8 nitrogen and oxygen atoms in total. The number of rotatable bonds is 6. The zero-order chi connectivity index (χ0) is 23.5. The average Bonchev–Trinajstić information content (AvgIpc) is 3.08. The fourth-order valence-corrected chi connectivity index (χ4v) is 2.61. The molecule has 168 valence electrons. The molecule has 0 saturated carbocycles. The van der Waals surface area contributed by atoms with Crippen molar-refractivity contribution in [3.8, 4) is 5.88 Å². The van der Waals surface area contributed by atoms with Crippen molar-refractivity contribution in [2.75, 3.05) is 11.9 Å². The minimum absolute atomic E-state index is 0.155. The van der Waals surface area contributed by atoms with Crippen LogP contribution in [0, 0.1) is 18.6 Å². The van der Waals surface area contributed by atoms with E-state index in [1.165, 1.54) is 19.2 Å². The highest BCUT2D eigenvalue weighted by Crippen LogP contribution is 2.26.